The van der Waals surface area contributed by atoms with Crippen LogP contribution in [0.1, 0.15) is 12.5 Å². The van der Waals surface area contributed by atoms with Gasteiger partial charge in [-0.3, -0.25) is 19.3 Å². The Kier molecular flexibility index (Phi) is 7.14. The number of rotatable bonds is 6. The Morgan fingerprint density at radius 3 is 2.66 bits per heavy atom. The van der Waals surface area contributed by atoms with Crippen LogP contribution in [0.5, 0.6) is 11.5 Å². The van der Waals surface area contributed by atoms with Crippen molar-refractivity contribution in [3.63, 3.8) is 0 Å². The minimum absolute atomic E-state index is 0.00171. The van der Waals surface area contributed by atoms with E-state index in [1.54, 1.807) is 6.92 Å². The van der Waals surface area contributed by atoms with Gasteiger partial charge in [-0.2, -0.15) is 0 Å². The molecule has 1 heterocycles. The summed E-state index contributed by atoms with van der Waals surface area (Å²) in [5.41, 5.74) is -0.189. The molecule has 32 heavy (non-hydrogen) atoms. The van der Waals surface area contributed by atoms with Gasteiger partial charge in [0.2, 0.25) is 5.91 Å². The van der Waals surface area contributed by atoms with Crippen molar-refractivity contribution in [1.82, 2.24) is 4.90 Å². The van der Waals surface area contributed by atoms with E-state index in [1.165, 1.54) is 18.2 Å². The van der Waals surface area contributed by atoms with Crippen LogP contribution < -0.4 is 10.1 Å². The molecule has 0 unspecified atom stereocenters. The molecule has 2 aromatic carbocycles. The number of hydrogen-bond donors (Lipinski definition) is 2. The fourth-order valence-electron chi connectivity index (χ4n) is 2.69. The van der Waals surface area contributed by atoms with E-state index < -0.39 is 46.7 Å². The zero-order valence-electron chi connectivity index (χ0n) is 16.2. The fourth-order valence-corrected chi connectivity index (χ4v) is 3.98. The zero-order chi connectivity index (χ0) is 23.6. The molecule has 0 spiro atoms. The van der Waals surface area contributed by atoms with Crippen LogP contribution in [-0.4, -0.2) is 40.2 Å². The fraction of sp³-hybridized carbons (Fsp3) is 0.150. The van der Waals surface area contributed by atoms with Crippen LogP contribution in [0, 0.1) is 17.5 Å². The number of halogens is 4. The topological polar surface area (TPSA) is 95.9 Å². The van der Waals surface area contributed by atoms with Crippen molar-refractivity contribution in [2.45, 2.75) is 6.92 Å². The molecular weight excluding hydrogens is 517 g/mol. The molecule has 168 valence electrons. The van der Waals surface area contributed by atoms with E-state index in [0.29, 0.717) is 32.8 Å². The lowest BCUT2D eigenvalue weighted by Crippen LogP contribution is -2.36. The van der Waals surface area contributed by atoms with Gasteiger partial charge in [0.05, 0.1) is 21.7 Å². The third-order valence-corrected chi connectivity index (χ3v) is 5.64. The second-order valence-electron chi connectivity index (χ2n) is 6.32. The van der Waals surface area contributed by atoms with E-state index >= 15 is 0 Å². The molecule has 0 aliphatic carbocycles. The van der Waals surface area contributed by atoms with Gasteiger partial charge in [-0.05, 0) is 70.5 Å². The summed E-state index contributed by atoms with van der Waals surface area (Å²) in [7, 11) is 0. The van der Waals surface area contributed by atoms with Gasteiger partial charge in [-0.15, -0.1) is 0 Å². The number of anilines is 1. The standard InChI is InChI=1S/C20H14BrF3N2O5S/c1-2-31-13-6-9(5-10(21)18(13)28)7-14-19(29)26(20(30)32-14)8-15(27)25-12-4-3-11(22)16(23)17(12)24/h3-7,28H,2,8H2,1H3,(H,25,27)/b14-7+. The molecule has 0 aromatic heterocycles. The van der Waals surface area contributed by atoms with Crippen LogP contribution in [0.3, 0.4) is 0 Å². The predicted molar refractivity (Wildman–Crippen MR) is 115 cm³/mol. The summed E-state index contributed by atoms with van der Waals surface area (Å²) in [6.45, 7) is 1.25. The second-order valence-corrected chi connectivity index (χ2v) is 8.17. The monoisotopic (exact) mass is 530 g/mol. The van der Waals surface area contributed by atoms with Crippen LogP contribution in [-0.2, 0) is 9.59 Å². The van der Waals surface area contributed by atoms with Crippen LogP contribution in [0.25, 0.3) is 6.08 Å². The molecule has 3 amide bonds. The average Bonchev–Trinajstić information content (AvgIpc) is 2.99. The molecule has 2 aromatic rings. The smallest absolute Gasteiger partial charge is 0.294 e. The highest BCUT2D eigenvalue weighted by Gasteiger charge is 2.36. The normalized spacial score (nSPS) is 14.9. The summed E-state index contributed by atoms with van der Waals surface area (Å²) in [4.78, 5) is 37.6. The van der Waals surface area contributed by atoms with Gasteiger partial charge in [0.25, 0.3) is 11.1 Å². The predicted octanol–water partition coefficient (Wildman–Crippen LogP) is 4.65. The molecule has 1 aliphatic rings. The number of aromatic hydroxyl groups is 1. The number of phenols is 1. The molecule has 2 N–H and O–H groups in total. The average molecular weight is 531 g/mol. The summed E-state index contributed by atoms with van der Waals surface area (Å²) in [5.74, 6) is -6.50. The first-order chi connectivity index (χ1) is 15.1. The third kappa shape index (κ3) is 4.91. The van der Waals surface area contributed by atoms with Crippen molar-refractivity contribution in [2.24, 2.45) is 0 Å². The number of imide groups is 1. The Morgan fingerprint density at radius 1 is 1.25 bits per heavy atom. The number of carbonyl (C=O) groups excluding carboxylic acids is 3. The summed E-state index contributed by atoms with van der Waals surface area (Å²) >= 11 is 3.75. The molecule has 1 fully saturated rings. The minimum atomic E-state index is -1.76. The number of phenolic OH excluding ortho intramolecular Hbond substituents is 1. The largest absolute Gasteiger partial charge is 0.503 e. The number of hydrogen-bond acceptors (Lipinski definition) is 6. The van der Waals surface area contributed by atoms with Crippen molar-refractivity contribution < 1.29 is 37.4 Å². The number of thioether (sulfide) groups is 1. The number of carbonyl (C=O) groups is 3. The number of nitrogens with one attached hydrogen (secondary N) is 1. The SMILES string of the molecule is CCOc1cc(/C=C2/SC(=O)N(CC(=O)Nc3ccc(F)c(F)c3F)C2=O)cc(Br)c1O. The third-order valence-electron chi connectivity index (χ3n) is 4.13. The summed E-state index contributed by atoms with van der Waals surface area (Å²) in [5, 5.41) is 11.2. The number of amides is 3. The van der Waals surface area contributed by atoms with E-state index in [9.17, 15) is 32.7 Å². The molecular formula is C20H14BrF3N2O5S. The van der Waals surface area contributed by atoms with Crippen molar-refractivity contribution in [3.05, 3.63) is 56.7 Å². The van der Waals surface area contributed by atoms with Gasteiger partial charge in [0, 0.05) is 0 Å². The van der Waals surface area contributed by atoms with E-state index in [1.807, 2.05) is 5.32 Å². The first kappa shape index (κ1) is 23.7. The molecule has 1 aliphatic heterocycles. The molecule has 0 saturated carbocycles. The number of benzene rings is 2. The van der Waals surface area contributed by atoms with Crippen molar-refractivity contribution in [2.75, 3.05) is 18.5 Å². The van der Waals surface area contributed by atoms with Crippen LogP contribution >= 0.6 is 27.7 Å². The van der Waals surface area contributed by atoms with Gasteiger partial charge in [-0.1, -0.05) is 0 Å². The minimum Gasteiger partial charge on any atom is -0.503 e. The Hall–Kier alpha value is -2.99. The van der Waals surface area contributed by atoms with Crippen LogP contribution in [0.2, 0.25) is 0 Å². The molecule has 3 rings (SSSR count). The van der Waals surface area contributed by atoms with Gasteiger partial charge < -0.3 is 15.2 Å². The Labute approximate surface area is 192 Å². The first-order valence-corrected chi connectivity index (χ1v) is 10.6. The van der Waals surface area contributed by atoms with Gasteiger partial charge in [0.15, 0.2) is 29.0 Å². The molecule has 7 nitrogen and oxygen atoms in total. The summed E-state index contributed by atoms with van der Waals surface area (Å²) in [6.07, 6.45) is 1.38. The zero-order valence-corrected chi connectivity index (χ0v) is 18.7. The van der Waals surface area contributed by atoms with E-state index in [-0.39, 0.29) is 23.0 Å². The summed E-state index contributed by atoms with van der Waals surface area (Å²) in [6, 6.07) is 4.42. The Morgan fingerprint density at radius 2 is 1.97 bits per heavy atom. The molecule has 1 saturated heterocycles. The Bertz CT molecular complexity index is 1160. The van der Waals surface area contributed by atoms with E-state index in [0.717, 1.165) is 6.07 Å². The van der Waals surface area contributed by atoms with Crippen molar-refractivity contribution in [1.29, 1.82) is 0 Å². The number of ether oxygens (including phenoxy) is 1. The molecule has 0 atom stereocenters. The molecule has 12 heteroatoms. The number of nitrogens with zero attached hydrogens (tertiary/aromatic N) is 1. The maximum Gasteiger partial charge on any atom is 0.294 e. The van der Waals surface area contributed by atoms with Crippen molar-refractivity contribution in [3.8, 4) is 11.5 Å². The lowest BCUT2D eigenvalue weighted by Gasteiger charge is -2.13. The lowest BCUT2D eigenvalue weighted by molar-refractivity contribution is -0.127. The Balaban J connectivity index is 1.76. The quantitative estimate of drug-likeness (QED) is 0.417. The summed E-state index contributed by atoms with van der Waals surface area (Å²) < 4.78 is 45.6. The maximum absolute atomic E-state index is 13.7. The molecule has 0 bridgehead atoms. The van der Waals surface area contributed by atoms with E-state index in [2.05, 4.69) is 15.9 Å². The second kappa shape index (κ2) is 9.65. The first-order valence-electron chi connectivity index (χ1n) is 8.96. The lowest BCUT2D eigenvalue weighted by atomic mass is 10.2. The van der Waals surface area contributed by atoms with Crippen LogP contribution in [0.4, 0.5) is 23.7 Å². The molecule has 0 radical (unpaired) electrons. The highest BCUT2D eigenvalue weighted by molar-refractivity contribution is 9.10. The highest BCUT2D eigenvalue weighted by atomic mass is 79.9. The van der Waals surface area contributed by atoms with Crippen molar-refractivity contribution >= 4 is 56.5 Å². The maximum atomic E-state index is 13.7. The highest BCUT2D eigenvalue weighted by Crippen LogP contribution is 2.38. The van der Waals surface area contributed by atoms with Crippen LogP contribution in [0.15, 0.2) is 33.6 Å². The van der Waals surface area contributed by atoms with Gasteiger partial charge >= 0.3 is 0 Å². The van der Waals surface area contributed by atoms with Gasteiger partial charge in [-0.25, -0.2) is 13.2 Å². The van der Waals surface area contributed by atoms with E-state index in [4.69, 9.17) is 4.74 Å². The van der Waals surface area contributed by atoms with Gasteiger partial charge in [0.1, 0.15) is 6.54 Å².